The summed E-state index contributed by atoms with van der Waals surface area (Å²) < 4.78 is 0. The number of hydrogen-bond donors (Lipinski definition) is 2. The zero-order valence-corrected chi connectivity index (χ0v) is 13.5. The van der Waals surface area contributed by atoms with E-state index in [2.05, 4.69) is 5.32 Å². The summed E-state index contributed by atoms with van der Waals surface area (Å²) in [7, 11) is 0. The Labute approximate surface area is 131 Å². The zero-order valence-electron chi connectivity index (χ0n) is 13.5. The molecule has 1 aromatic rings. The lowest BCUT2D eigenvalue weighted by atomic mass is 9.99. The van der Waals surface area contributed by atoms with Gasteiger partial charge in [-0.3, -0.25) is 10.1 Å². The Morgan fingerprint density at radius 3 is 2.41 bits per heavy atom. The van der Waals surface area contributed by atoms with E-state index in [0.29, 0.717) is 6.42 Å². The first-order valence-electron chi connectivity index (χ1n) is 7.61. The van der Waals surface area contributed by atoms with Crippen LogP contribution in [0.25, 0.3) is 0 Å². The highest BCUT2D eigenvalue weighted by molar-refractivity contribution is 5.90. The molecule has 5 nitrogen and oxygen atoms in total. The number of nitrogens with zero attached hydrogens (tertiary/aromatic N) is 1. The minimum atomic E-state index is -0.960. The number of benzene rings is 1. The Morgan fingerprint density at radius 1 is 1.32 bits per heavy atom. The summed E-state index contributed by atoms with van der Waals surface area (Å²) in [4.78, 5) is 25.9. The van der Waals surface area contributed by atoms with E-state index < -0.39 is 23.7 Å². The van der Waals surface area contributed by atoms with Gasteiger partial charge in [-0.1, -0.05) is 44.2 Å². The minimum Gasteiger partial charge on any atom is -0.480 e. The molecule has 1 aliphatic heterocycles. The van der Waals surface area contributed by atoms with Crippen molar-refractivity contribution >= 4 is 11.9 Å². The summed E-state index contributed by atoms with van der Waals surface area (Å²) in [5.74, 6) is -1.26. The second-order valence-electron chi connectivity index (χ2n) is 6.68. The van der Waals surface area contributed by atoms with Crippen molar-refractivity contribution < 1.29 is 14.7 Å². The fraction of sp³-hybridized carbons (Fsp3) is 0.529. The Hall–Kier alpha value is -1.88. The van der Waals surface area contributed by atoms with E-state index in [0.717, 1.165) is 5.56 Å². The third-order valence-corrected chi connectivity index (χ3v) is 4.11. The van der Waals surface area contributed by atoms with Gasteiger partial charge in [-0.2, -0.15) is 0 Å². The maximum atomic E-state index is 12.8. The predicted octanol–water partition coefficient (Wildman–Crippen LogP) is 1.87. The third-order valence-electron chi connectivity index (χ3n) is 4.11. The molecule has 0 radical (unpaired) electrons. The molecule has 22 heavy (non-hydrogen) atoms. The van der Waals surface area contributed by atoms with Crippen LogP contribution < -0.4 is 5.32 Å². The number of carboxylic acids is 1. The van der Waals surface area contributed by atoms with Crippen LogP contribution in [0.5, 0.6) is 0 Å². The molecule has 1 aromatic carbocycles. The van der Waals surface area contributed by atoms with Gasteiger partial charge in [0.1, 0.15) is 6.04 Å². The van der Waals surface area contributed by atoms with Crippen LogP contribution in [0.4, 0.5) is 0 Å². The molecule has 1 fully saturated rings. The lowest BCUT2D eigenvalue weighted by Crippen LogP contribution is -2.56. The maximum absolute atomic E-state index is 12.8. The molecule has 0 aliphatic carbocycles. The molecular formula is C17H24N2O3. The highest BCUT2D eigenvalue weighted by Gasteiger charge is 2.50. The normalized spacial score (nSPS) is 22.1. The number of nitrogens with one attached hydrogen (secondary N) is 1. The van der Waals surface area contributed by atoms with Crippen molar-refractivity contribution in [1.82, 2.24) is 10.2 Å². The number of hydrogen-bond acceptors (Lipinski definition) is 3. The van der Waals surface area contributed by atoms with Gasteiger partial charge in [-0.05, 0) is 31.7 Å². The van der Waals surface area contributed by atoms with Crippen molar-refractivity contribution in [3.63, 3.8) is 0 Å². The van der Waals surface area contributed by atoms with Crippen LogP contribution in [0.15, 0.2) is 30.3 Å². The summed E-state index contributed by atoms with van der Waals surface area (Å²) in [5.41, 5.74) is 0.381. The molecule has 2 unspecified atom stereocenters. The molecular weight excluding hydrogens is 280 g/mol. The molecule has 0 bridgehead atoms. The largest absolute Gasteiger partial charge is 0.480 e. The molecule has 2 atom stereocenters. The van der Waals surface area contributed by atoms with Gasteiger partial charge in [0.05, 0.1) is 11.7 Å². The third kappa shape index (κ3) is 3.14. The van der Waals surface area contributed by atoms with Crippen LogP contribution in [-0.2, 0) is 16.0 Å². The van der Waals surface area contributed by atoms with Gasteiger partial charge >= 0.3 is 5.97 Å². The topological polar surface area (TPSA) is 69.6 Å². The van der Waals surface area contributed by atoms with Crippen LogP contribution in [0.1, 0.15) is 33.3 Å². The summed E-state index contributed by atoms with van der Waals surface area (Å²) in [5, 5.41) is 12.8. The first-order valence-corrected chi connectivity index (χ1v) is 7.61. The molecule has 0 spiro atoms. The molecule has 1 heterocycles. The molecule has 2 N–H and O–H groups in total. The Morgan fingerprint density at radius 2 is 1.91 bits per heavy atom. The van der Waals surface area contributed by atoms with Crippen LogP contribution in [0.2, 0.25) is 0 Å². The fourth-order valence-corrected chi connectivity index (χ4v) is 3.17. The highest BCUT2D eigenvalue weighted by Crippen LogP contribution is 2.28. The van der Waals surface area contributed by atoms with E-state index in [4.69, 9.17) is 0 Å². The van der Waals surface area contributed by atoms with Crippen LogP contribution in [0, 0.1) is 5.92 Å². The first kappa shape index (κ1) is 16.5. The van der Waals surface area contributed by atoms with Crippen LogP contribution in [0.3, 0.4) is 0 Å². The van der Waals surface area contributed by atoms with E-state index >= 15 is 0 Å². The SMILES string of the molecule is CC(C)C(C(=O)O)N1C(=O)C(Cc2ccccc2)NC1(C)C. The lowest BCUT2D eigenvalue weighted by molar-refractivity contribution is -0.154. The van der Waals surface area contributed by atoms with Crippen molar-refractivity contribution in [2.24, 2.45) is 5.92 Å². The minimum absolute atomic E-state index is 0.144. The zero-order chi connectivity index (χ0) is 16.5. The number of carboxylic acid groups (broad SMARTS) is 1. The summed E-state index contributed by atoms with van der Waals surface area (Å²) in [6, 6.07) is 8.54. The number of carbonyl (C=O) groups excluding carboxylic acids is 1. The summed E-state index contributed by atoms with van der Waals surface area (Å²) in [6.45, 7) is 7.36. The average molecular weight is 304 g/mol. The Balaban J connectivity index is 2.25. The van der Waals surface area contributed by atoms with E-state index in [-0.39, 0.29) is 11.8 Å². The summed E-state index contributed by atoms with van der Waals surface area (Å²) in [6.07, 6.45) is 0.560. The Kier molecular flexibility index (Phi) is 4.56. The second-order valence-corrected chi connectivity index (χ2v) is 6.68. The molecule has 1 amide bonds. The second kappa shape index (κ2) is 6.08. The molecule has 0 aromatic heterocycles. The van der Waals surface area contributed by atoms with Crippen LogP contribution >= 0.6 is 0 Å². The van der Waals surface area contributed by atoms with E-state index in [1.807, 2.05) is 58.0 Å². The van der Waals surface area contributed by atoms with Gasteiger partial charge < -0.3 is 10.0 Å². The molecule has 0 saturated carbocycles. The van der Waals surface area contributed by atoms with Crippen molar-refractivity contribution in [3.8, 4) is 0 Å². The van der Waals surface area contributed by atoms with Gasteiger partial charge in [0.15, 0.2) is 0 Å². The molecule has 120 valence electrons. The van der Waals surface area contributed by atoms with Gasteiger partial charge in [0.25, 0.3) is 0 Å². The monoisotopic (exact) mass is 304 g/mol. The smallest absolute Gasteiger partial charge is 0.326 e. The first-order chi connectivity index (χ1) is 10.2. The predicted molar refractivity (Wildman–Crippen MR) is 84.3 cm³/mol. The molecule has 1 saturated heterocycles. The number of aliphatic carboxylic acids is 1. The number of amides is 1. The molecule has 1 aliphatic rings. The van der Waals surface area contributed by atoms with Crippen LogP contribution in [-0.4, -0.2) is 39.6 Å². The summed E-state index contributed by atoms with van der Waals surface area (Å²) >= 11 is 0. The number of rotatable bonds is 5. The van der Waals surface area contributed by atoms with E-state index in [9.17, 15) is 14.7 Å². The van der Waals surface area contributed by atoms with Gasteiger partial charge in [0.2, 0.25) is 5.91 Å². The quantitative estimate of drug-likeness (QED) is 0.871. The average Bonchev–Trinajstić information content (AvgIpc) is 2.63. The van der Waals surface area contributed by atoms with Crippen molar-refractivity contribution in [3.05, 3.63) is 35.9 Å². The van der Waals surface area contributed by atoms with E-state index in [1.165, 1.54) is 4.90 Å². The maximum Gasteiger partial charge on any atom is 0.326 e. The van der Waals surface area contributed by atoms with Crippen molar-refractivity contribution in [2.45, 2.75) is 51.9 Å². The molecule has 2 rings (SSSR count). The van der Waals surface area contributed by atoms with E-state index in [1.54, 1.807) is 0 Å². The molecule has 5 heteroatoms. The van der Waals surface area contributed by atoms with Gasteiger partial charge in [-0.25, -0.2) is 4.79 Å². The Bertz CT molecular complexity index is 554. The fourth-order valence-electron chi connectivity index (χ4n) is 3.17. The van der Waals surface area contributed by atoms with Crippen molar-refractivity contribution in [2.75, 3.05) is 0 Å². The highest BCUT2D eigenvalue weighted by atomic mass is 16.4. The van der Waals surface area contributed by atoms with Gasteiger partial charge in [0, 0.05) is 0 Å². The van der Waals surface area contributed by atoms with Gasteiger partial charge in [-0.15, -0.1) is 0 Å². The standard InChI is InChI=1S/C17H24N2O3/c1-11(2)14(16(21)22)19-15(20)13(18-17(19,3)4)10-12-8-6-5-7-9-12/h5-9,11,13-14,18H,10H2,1-4H3,(H,21,22). The van der Waals surface area contributed by atoms with Crippen molar-refractivity contribution in [1.29, 1.82) is 0 Å². The lowest BCUT2D eigenvalue weighted by Gasteiger charge is -2.37. The number of carbonyl (C=O) groups is 2.